The lowest BCUT2D eigenvalue weighted by Crippen LogP contribution is -2.62. The highest BCUT2D eigenvalue weighted by atomic mass is 19.1. The van der Waals surface area contributed by atoms with Crippen LogP contribution in [0.1, 0.15) is 38.7 Å². The summed E-state index contributed by atoms with van der Waals surface area (Å²) in [5, 5.41) is 10.3. The van der Waals surface area contributed by atoms with Crippen LogP contribution < -0.4 is 4.74 Å². The maximum absolute atomic E-state index is 14.0. The van der Waals surface area contributed by atoms with Crippen molar-refractivity contribution in [3.63, 3.8) is 0 Å². The molecule has 0 bridgehead atoms. The van der Waals surface area contributed by atoms with Gasteiger partial charge in [-0.25, -0.2) is 4.39 Å². The Morgan fingerprint density at radius 1 is 1.25 bits per heavy atom. The second-order valence-electron chi connectivity index (χ2n) is 6.90. The molecule has 1 spiro atoms. The molecule has 4 nitrogen and oxygen atoms in total. The molecule has 1 aliphatic carbocycles. The number of hydrogen-bond donors (Lipinski definition) is 1. The molecule has 2 fully saturated rings. The summed E-state index contributed by atoms with van der Waals surface area (Å²) in [6.07, 6.45) is 2.61. The van der Waals surface area contributed by atoms with Crippen molar-refractivity contribution in [1.82, 2.24) is 4.90 Å². The zero-order chi connectivity index (χ0) is 17.2. The van der Waals surface area contributed by atoms with Gasteiger partial charge in [-0.3, -0.25) is 4.90 Å². The second kappa shape index (κ2) is 7.38. The fraction of sp³-hybridized carbons (Fsp3) is 0.684. The van der Waals surface area contributed by atoms with Crippen molar-refractivity contribution in [1.29, 1.82) is 0 Å². The predicted molar refractivity (Wildman–Crippen MR) is 90.6 cm³/mol. The molecular weight excluding hydrogens is 309 g/mol. The summed E-state index contributed by atoms with van der Waals surface area (Å²) in [6, 6.07) is 5.20. The third-order valence-corrected chi connectivity index (χ3v) is 5.60. The number of benzene rings is 1. The highest BCUT2D eigenvalue weighted by Crippen LogP contribution is 2.51. The summed E-state index contributed by atoms with van der Waals surface area (Å²) in [6.45, 7) is 7.58. The SMILES string of the molecule is CCOc1ccc(CN2CCC3(CC2)[C@@H](OCC)C[C@@H]3O)cc1F. The van der Waals surface area contributed by atoms with Crippen LogP contribution in [0, 0.1) is 11.2 Å². The van der Waals surface area contributed by atoms with Crippen LogP contribution in [0.2, 0.25) is 0 Å². The standard InChI is InChI=1S/C19H28FNO3/c1-3-23-16-6-5-14(11-15(16)20)13-21-9-7-19(8-10-21)17(22)12-18(19)24-4-2/h5-6,11,17-18,22H,3-4,7-10,12-13H2,1-2H3/t17-,18-/m0/s1. The van der Waals surface area contributed by atoms with Crippen LogP contribution in [0.15, 0.2) is 18.2 Å². The summed E-state index contributed by atoms with van der Waals surface area (Å²) >= 11 is 0. The minimum absolute atomic E-state index is 0.0589. The zero-order valence-electron chi connectivity index (χ0n) is 14.6. The van der Waals surface area contributed by atoms with Crippen LogP contribution in [-0.4, -0.2) is 48.5 Å². The molecule has 5 heteroatoms. The topological polar surface area (TPSA) is 41.9 Å². The van der Waals surface area contributed by atoms with Gasteiger partial charge in [0, 0.05) is 25.0 Å². The van der Waals surface area contributed by atoms with Gasteiger partial charge in [0.05, 0.1) is 18.8 Å². The molecule has 0 amide bonds. The molecule has 3 rings (SSSR count). The van der Waals surface area contributed by atoms with Crippen LogP contribution in [0.25, 0.3) is 0 Å². The first-order chi connectivity index (χ1) is 11.6. The normalized spacial score (nSPS) is 26.3. The van der Waals surface area contributed by atoms with Crippen molar-refractivity contribution < 1.29 is 19.0 Å². The number of nitrogens with zero attached hydrogens (tertiary/aromatic N) is 1. The van der Waals surface area contributed by atoms with Crippen LogP contribution >= 0.6 is 0 Å². The Kier molecular flexibility index (Phi) is 5.42. The molecule has 2 atom stereocenters. The third kappa shape index (κ3) is 3.30. The van der Waals surface area contributed by atoms with Gasteiger partial charge in [0.2, 0.25) is 0 Å². The van der Waals surface area contributed by atoms with Crippen LogP contribution in [0.3, 0.4) is 0 Å². The Balaban J connectivity index is 1.57. The Morgan fingerprint density at radius 3 is 2.58 bits per heavy atom. The van der Waals surface area contributed by atoms with Gasteiger partial charge in [0.25, 0.3) is 0 Å². The first-order valence-corrected chi connectivity index (χ1v) is 9.02. The number of aliphatic hydroxyl groups excluding tert-OH is 1. The van der Waals surface area contributed by atoms with E-state index in [4.69, 9.17) is 9.47 Å². The molecule has 0 radical (unpaired) electrons. The van der Waals surface area contributed by atoms with Crippen molar-refractivity contribution in [2.24, 2.45) is 5.41 Å². The number of ether oxygens (including phenoxy) is 2. The Bertz CT molecular complexity index is 556. The molecule has 0 unspecified atom stereocenters. The number of likely N-dealkylation sites (tertiary alicyclic amines) is 1. The molecule has 1 aromatic rings. The van der Waals surface area contributed by atoms with Crippen molar-refractivity contribution in [3.8, 4) is 5.75 Å². The molecule has 1 aromatic carbocycles. The van der Waals surface area contributed by atoms with E-state index in [1.54, 1.807) is 12.1 Å². The molecule has 0 aromatic heterocycles. The molecule has 24 heavy (non-hydrogen) atoms. The molecule has 1 heterocycles. The Labute approximate surface area is 143 Å². The number of aliphatic hydroxyl groups is 1. The monoisotopic (exact) mass is 337 g/mol. The van der Waals surface area contributed by atoms with E-state index in [0.29, 0.717) is 19.0 Å². The predicted octanol–water partition coefficient (Wildman–Crippen LogP) is 2.98. The molecule has 1 saturated carbocycles. The highest BCUT2D eigenvalue weighted by Gasteiger charge is 2.55. The van der Waals surface area contributed by atoms with E-state index < -0.39 is 0 Å². The van der Waals surface area contributed by atoms with Crippen LogP contribution in [0.5, 0.6) is 5.75 Å². The van der Waals surface area contributed by atoms with E-state index in [9.17, 15) is 9.50 Å². The van der Waals surface area contributed by atoms with Crippen molar-refractivity contribution in [3.05, 3.63) is 29.6 Å². The van der Waals surface area contributed by atoms with Gasteiger partial charge in [0.15, 0.2) is 11.6 Å². The van der Waals surface area contributed by atoms with Gasteiger partial charge in [-0.05, 0) is 57.5 Å². The van der Waals surface area contributed by atoms with Gasteiger partial charge < -0.3 is 14.6 Å². The lowest BCUT2D eigenvalue weighted by atomic mass is 9.58. The fourth-order valence-electron chi connectivity index (χ4n) is 4.12. The van der Waals surface area contributed by atoms with E-state index in [1.165, 1.54) is 0 Å². The maximum Gasteiger partial charge on any atom is 0.165 e. The average Bonchev–Trinajstić information content (AvgIpc) is 2.58. The smallest absolute Gasteiger partial charge is 0.165 e. The zero-order valence-corrected chi connectivity index (χ0v) is 14.6. The van der Waals surface area contributed by atoms with Gasteiger partial charge >= 0.3 is 0 Å². The number of halogens is 1. The molecule has 134 valence electrons. The highest BCUT2D eigenvalue weighted by molar-refractivity contribution is 5.29. The van der Waals surface area contributed by atoms with Gasteiger partial charge in [-0.15, -0.1) is 0 Å². The summed E-state index contributed by atoms with van der Waals surface area (Å²) in [4.78, 5) is 2.33. The van der Waals surface area contributed by atoms with Crippen LogP contribution in [0.4, 0.5) is 4.39 Å². The first kappa shape index (κ1) is 17.6. The van der Waals surface area contributed by atoms with Crippen LogP contribution in [-0.2, 0) is 11.3 Å². The summed E-state index contributed by atoms with van der Waals surface area (Å²) in [7, 11) is 0. The largest absolute Gasteiger partial charge is 0.491 e. The molecule has 2 aliphatic rings. The summed E-state index contributed by atoms with van der Waals surface area (Å²) < 4.78 is 25.0. The van der Waals surface area contributed by atoms with Crippen molar-refractivity contribution in [2.45, 2.75) is 51.9 Å². The number of rotatable bonds is 6. The third-order valence-electron chi connectivity index (χ3n) is 5.60. The molecular formula is C19H28FNO3. The average molecular weight is 337 g/mol. The van der Waals surface area contributed by atoms with Crippen molar-refractivity contribution >= 4 is 0 Å². The minimum Gasteiger partial charge on any atom is -0.491 e. The van der Waals surface area contributed by atoms with Crippen molar-refractivity contribution in [2.75, 3.05) is 26.3 Å². The molecule has 1 N–H and O–H groups in total. The Hall–Kier alpha value is -1.17. The first-order valence-electron chi connectivity index (χ1n) is 9.02. The van der Waals surface area contributed by atoms with E-state index in [2.05, 4.69) is 4.90 Å². The summed E-state index contributed by atoms with van der Waals surface area (Å²) in [5.41, 5.74) is 0.902. The molecule has 1 aliphatic heterocycles. The fourth-order valence-corrected chi connectivity index (χ4v) is 4.12. The lowest BCUT2D eigenvalue weighted by molar-refractivity contribution is -0.209. The van der Waals surface area contributed by atoms with Gasteiger partial charge in [-0.2, -0.15) is 0 Å². The van der Waals surface area contributed by atoms with E-state index in [1.807, 2.05) is 19.9 Å². The minimum atomic E-state index is -0.298. The van der Waals surface area contributed by atoms with E-state index in [-0.39, 0.29) is 23.4 Å². The number of hydrogen-bond acceptors (Lipinski definition) is 4. The van der Waals surface area contributed by atoms with E-state index in [0.717, 1.165) is 44.5 Å². The van der Waals surface area contributed by atoms with Gasteiger partial charge in [0.1, 0.15) is 0 Å². The lowest BCUT2D eigenvalue weighted by Gasteiger charge is -2.56. The summed E-state index contributed by atoms with van der Waals surface area (Å²) in [5.74, 6) is 0.0182. The molecule has 1 saturated heterocycles. The quantitative estimate of drug-likeness (QED) is 0.866. The second-order valence-corrected chi connectivity index (χ2v) is 6.90. The van der Waals surface area contributed by atoms with Gasteiger partial charge in [-0.1, -0.05) is 6.07 Å². The maximum atomic E-state index is 14.0. The Morgan fingerprint density at radius 2 is 2.00 bits per heavy atom. The number of piperidine rings is 1. The van der Waals surface area contributed by atoms with E-state index >= 15 is 0 Å².